The van der Waals surface area contributed by atoms with Gasteiger partial charge in [0, 0.05) is 22.9 Å². The van der Waals surface area contributed by atoms with Gasteiger partial charge in [0.05, 0.1) is 5.25 Å². The van der Waals surface area contributed by atoms with E-state index in [0.29, 0.717) is 10.7 Å². The highest BCUT2D eigenvalue weighted by Gasteiger charge is 2.33. The summed E-state index contributed by atoms with van der Waals surface area (Å²) in [4.78, 5) is 34.6. The standard InChI is InChI=1S/C14H15ClN2O4S/c1-7-2-3-8(4-9(7)15)16-12(18)5-11-13(19)17-10(6-22-11)14(20)21/h2-4,10-11H,5-6H2,1H3,(H,16,18)(H,17,19)(H,20,21)/t10-,11+/m1/s1. The topological polar surface area (TPSA) is 95.5 Å². The number of thioether (sulfide) groups is 1. The van der Waals surface area contributed by atoms with Gasteiger partial charge in [0.25, 0.3) is 0 Å². The number of halogens is 1. The van der Waals surface area contributed by atoms with Gasteiger partial charge in [-0.1, -0.05) is 17.7 Å². The van der Waals surface area contributed by atoms with Gasteiger partial charge < -0.3 is 15.7 Å². The van der Waals surface area contributed by atoms with E-state index in [-0.39, 0.29) is 18.1 Å². The summed E-state index contributed by atoms with van der Waals surface area (Å²) in [6, 6.07) is 4.27. The molecule has 1 saturated heterocycles. The zero-order valence-corrected chi connectivity index (χ0v) is 13.3. The second-order valence-corrected chi connectivity index (χ2v) is 6.58. The predicted molar refractivity (Wildman–Crippen MR) is 85.2 cm³/mol. The third kappa shape index (κ3) is 4.14. The number of carbonyl (C=O) groups excluding carboxylic acids is 2. The first kappa shape index (κ1) is 16.6. The third-order valence-corrected chi connectivity index (χ3v) is 4.91. The lowest BCUT2D eigenvalue weighted by Gasteiger charge is -2.25. The molecule has 0 aromatic heterocycles. The van der Waals surface area contributed by atoms with Gasteiger partial charge in [-0.2, -0.15) is 0 Å². The van der Waals surface area contributed by atoms with Gasteiger partial charge in [0.2, 0.25) is 11.8 Å². The van der Waals surface area contributed by atoms with E-state index in [1.54, 1.807) is 18.2 Å². The number of hydrogen-bond acceptors (Lipinski definition) is 4. The summed E-state index contributed by atoms with van der Waals surface area (Å²) in [5, 5.41) is 13.9. The molecule has 0 aliphatic carbocycles. The lowest BCUT2D eigenvalue weighted by Crippen LogP contribution is -2.51. The molecular weight excluding hydrogens is 328 g/mol. The molecule has 2 rings (SSSR count). The van der Waals surface area contributed by atoms with Crippen molar-refractivity contribution >= 4 is 46.8 Å². The Bertz CT molecular complexity index is 623. The summed E-state index contributed by atoms with van der Waals surface area (Å²) in [5.41, 5.74) is 1.46. The minimum absolute atomic E-state index is 0.0195. The highest BCUT2D eigenvalue weighted by Crippen LogP contribution is 2.23. The smallest absolute Gasteiger partial charge is 0.327 e. The van der Waals surface area contributed by atoms with Crippen LogP contribution in [0.5, 0.6) is 0 Å². The van der Waals surface area contributed by atoms with E-state index in [1.807, 2.05) is 6.92 Å². The van der Waals surface area contributed by atoms with E-state index in [1.165, 1.54) is 11.8 Å². The van der Waals surface area contributed by atoms with Crippen molar-refractivity contribution in [3.05, 3.63) is 28.8 Å². The van der Waals surface area contributed by atoms with Crippen LogP contribution in [0.25, 0.3) is 0 Å². The lowest BCUT2D eigenvalue weighted by atomic mass is 10.2. The molecule has 1 heterocycles. The molecule has 0 unspecified atom stereocenters. The van der Waals surface area contributed by atoms with Crippen LogP contribution in [0.3, 0.4) is 0 Å². The second-order valence-electron chi connectivity index (χ2n) is 4.94. The predicted octanol–water partition coefficient (Wildman–Crippen LogP) is 1.66. The van der Waals surface area contributed by atoms with Crippen LogP contribution in [0.15, 0.2) is 18.2 Å². The zero-order chi connectivity index (χ0) is 16.3. The number of amides is 2. The number of hydrogen-bond donors (Lipinski definition) is 3. The van der Waals surface area contributed by atoms with Crippen molar-refractivity contribution in [1.82, 2.24) is 5.32 Å². The third-order valence-electron chi connectivity index (χ3n) is 3.20. The lowest BCUT2D eigenvalue weighted by molar-refractivity contribution is -0.141. The Morgan fingerprint density at radius 2 is 2.23 bits per heavy atom. The maximum absolute atomic E-state index is 12.0. The fourth-order valence-electron chi connectivity index (χ4n) is 1.93. The van der Waals surface area contributed by atoms with Gasteiger partial charge >= 0.3 is 5.97 Å². The molecule has 0 radical (unpaired) electrons. The van der Waals surface area contributed by atoms with Gasteiger partial charge in [-0.3, -0.25) is 9.59 Å². The molecule has 8 heteroatoms. The summed E-state index contributed by atoms with van der Waals surface area (Å²) in [6.45, 7) is 1.86. The average Bonchev–Trinajstić information content (AvgIpc) is 2.45. The highest BCUT2D eigenvalue weighted by atomic mass is 35.5. The number of aliphatic carboxylic acids is 1. The van der Waals surface area contributed by atoms with Crippen molar-refractivity contribution in [2.24, 2.45) is 0 Å². The number of rotatable bonds is 4. The van der Waals surface area contributed by atoms with E-state index in [2.05, 4.69) is 10.6 Å². The Hall–Kier alpha value is -1.73. The summed E-state index contributed by atoms with van der Waals surface area (Å²) >= 11 is 7.16. The molecule has 2 amide bonds. The first-order valence-electron chi connectivity index (χ1n) is 6.57. The Kier molecular flexibility index (Phi) is 5.31. The normalized spacial score (nSPS) is 21.1. The fraction of sp³-hybridized carbons (Fsp3) is 0.357. The molecular formula is C14H15ClN2O4S. The summed E-state index contributed by atoms with van der Waals surface area (Å²) in [5.74, 6) is -1.57. The van der Waals surface area contributed by atoms with Crippen molar-refractivity contribution < 1.29 is 19.5 Å². The molecule has 1 aromatic carbocycles. The SMILES string of the molecule is Cc1ccc(NC(=O)C[C@@H]2SC[C@H](C(=O)O)NC2=O)cc1Cl. The molecule has 0 bridgehead atoms. The van der Waals surface area contributed by atoms with Crippen LogP contribution in [-0.4, -0.2) is 39.9 Å². The van der Waals surface area contributed by atoms with Crippen LogP contribution < -0.4 is 10.6 Å². The number of nitrogens with one attached hydrogen (secondary N) is 2. The fourth-order valence-corrected chi connectivity index (χ4v) is 3.25. The maximum Gasteiger partial charge on any atom is 0.327 e. The first-order chi connectivity index (χ1) is 10.4. The molecule has 1 fully saturated rings. The maximum atomic E-state index is 12.0. The van der Waals surface area contributed by atoms with Crippen LogP contribution in [-0.2, 0) is 14.4 Å². The summed E-state index contributed by atoms with van der Waals surface area (Å²) < 4.78 is 0. The van der Waals surface area contributed by atoms with Gasteiger partial charge in [-0.05, 0) is 24.6 Å². The van der Waals surface area contributed by atoms with E-state index in [0.717, 1.165) is 5.56 Å². The second kappa shape index (κ2) is 7.02. The van der Waals surface area contributed by atoms with Crippen molar-refractivity contribution in [1.29, 1.82) is 0 Å². The first-order valence-corrected chi connectivity index (χ1v) is 8.00. The molecule has 0 saturated carbocycles. The van der Waals surface area contributed by atoms with Crippen molar-refractivity contribution in [3.63, 3.8) is 0 Å². The largest absolute Gasteiger partial charge is 0.480 e. The Morgan fingerprint density at radius 3 is 2.82 bits per heavy atom. The zero-order valence-electron chi connectivity index (χ0n) is 11.8. The molecule has 6 nitrogen and oxygen atoms in total. The number of carboxylic acid groups (broad SMARTS) is 1. The van der Waals surface area contributed by atoms with E-state index >= 15 is 0 Å². The van der Waals surface area contributed by atoms with Crippen LogP contribution in [0.1, 0.15) is 12.0 Å². The molecule has 2 atom stereocenters. The Morgan fingerprint density at radius 1 is 1.50 bits per heavy atom. The number of anilines is 1. The number of aryl methyl sites for hydroxylation is 1. The van der Waals surface area contributed by atoms with Gasteiger partial charge in [-0.15, -0.1) is 11.8 Å². The molecule has 118 valence electrons. The van der Waals surface area contributed by atoms with Gasteiger partial charge in [0.1, 0.15) is 6.04 Å². The van der Waals surface area contributed by atoms with Crippen LogP contribution in [0, 0.1) is 6.92 Å². The number of carboxylic acids is 1. The summed E-state index contributed by atoms with van der Waals surface area (Å²) in [6.07, 6.45) is -0.0195. The average molecular weight is 343 g/mol. The molecule has 1 aliphatic rings. The minimum atomic E-state index is -1.07. The Balaban J connectivity index is 1.91. The molecule has 1 aliphatic heterocycles. The van der Waals surface area contributed by atoms with Crippen LogP contribution in [0.4, 0.5) is 5.69 Å². The van der Waals surface area contributed by atoms with Crippen molar-refractivity contribution in [3.8, 4) is 0 Å². The highest BCUT2D eigenvalue weighted by molar-refractivity contribution is 8.00. The van der Waals surface area contributed by atoms with E-state index in [4.69, 9.17) is 16.7 Å². The molecule has 1 aromatic rings. The van der Waals surface area contributed by atoms with Gasteiger partial charge in [0.15, 0.2) is 0 Å². The van der Waals surface area contributed by atoms with Crippen LogP contribution in [0.2, 0.25) is 5.02 Å². The summed E-state index contributed by atoms with van der Waals surface area (Å²) in [7, 11) is 0. The molecule has 3 N–H and O–H groups in total. The monoisotopic (exact) mass is 342 g/mol. The quantitative estimate of drug-likeness (QED) is 0.773. The van der Waals surface area contributed by atoms with Crippen molar-refractivity contribution in [2.45, 2.75) is 24.6 Å². The van der Waals surface area contributed by atoms with Crippen molar-refractivity contribution in [2.75, 3.05) is 11.1 Å². The number of benzene rings is 1. The molecule has 22 heavy (non-hydrogen) atoms. The minimum Gasteiger partial charge on any atom is -0.480 e. The van der Waals surface area contributed by atoms with E-state index in [9.17, 15) is 14.4 Å². The molecule has 0 spiro atoms. The van der Waals surface area contributed by atoms with E-state index < -0.39 is 23.2 Å². The van der Waals surface area contributed by atoms with Crippen LogP contribution >= 0.6 is 23.4 Å². The Labute approximate surface area is 136 Å². The number of carbonyl (C=O) groups is 3. The van der Waals surface area contributed by atoms with Gasteiger partial charge in [-0.25, -0.2) is 4.79 Å².